The van der Waals surface area contributed by atoms with Gasteiger partial charge >= 0.3 is 5.97 Å². The molecule has 2 aromatic carbocycles. The van der Waals surface area contributed by atoms with E-state index in [4.69, 9.17) is 28.4 Å². The number of azide groups is 1. The van der Waals surface area contributed by atoms with E-state index in [1.807, 2.05) is 13.1 Å². The van der Waals surface area contributed by atoms with Crippen LogP contribution in [0, 0.1) is 0 Å². The maximum absolute atomic E-state index is 13.0. The highest BCUT2D eigenvalue weighted by atomic mass is 35.5. The first-order valence-corrected chi connectivity index (χ1v) is 10.3. The van der Waals surface area contributed by atoms with Crippen molar-refractivity contribution in [3.05, 3.63) is 44.8 Å². The summed E-state index contributed by atoms with van der Waals surface area (Å²) in [6.45, 7) is 0.617. The normalized spacial score (nSPS) is 19.8. The number of rotatable bonds is 5. The third-order valence-corrected chi connectivity index (χ3v) is 6.33. The number of carbonyl (C=O) groups is 1. The molecule has 0 radical (unpaired) electrons. The van der Waals surface area contributed by atoms with E-state index in [1.165, 1.54) is 14.2 Å². The second-order valence-electron chi connectivity index (χ2n) is 7.79. The first kappa shape index (κ1) is 23.6. The number of halogens is 1. The number of benzene rings is 2. The highest BCUT2D eigenvalue weighted by Gasteiger charge is 2.47. The maximum Gasteiger partial charge on any atom is 0.343 e. The Kier molecular flexibility index (Phi) is 6.26. The molecular weight excluding hydrogens is 468 g/mol. The van der Waals surface area contributed by atoms with E-state index < -0.39 is 18.1 Å². The Morgan fingerprint density at radius 1 is 1.12 bits per heavy atom. The summed E-state index contributed by atoms with van der Waals surface area (Å²) < 4.78 is 33.8. The molecule has 1 unspecified atom stereocenters. The van der Waals surface area contributed by atoms with Crippen molar-refractivity contribution in [3.63, 3.8) is 0 Å². The van der Waals surface area contributed by atoms with Gasteiger partial charge in [-0.2, -0.15) is 0 Å². The summed E-state index contributed by atoms with van der Waals surface area (Å²) in [7, 11) is 6.48. The molecule has 0 fully saturated rings. The van der Waals surface area contributed by atoms with Crippen LogP contribution in [0.2, 0.25) is 0 Å². The van der Waals surface area contributed by atoms with Crippen molar-refractivity contribution in [2.24, 2.45) is 5.11 Å². The maximum atomic E-state index is 13.0. The van der Waals surface area contributed by atoms with E-state index in [1.54, 1.807) is 13.2 Å². The zero-order valence-electron chi connectivity index (χ0n) is 19.0. The molecule has 0 bridgehead atoms. The van der Waals surface area contributed by atoms with E-state index in [2.05, 4.69) is 14.9 Å². The standard InChI is InChI=1S/C22H22N4O7.ClH/c1-26-8-7-10-13(19(30-4)21-20(31-9-32-21)15(10)24-25-23)16(26)17-11-5-6-12(28-2)18(29-3)14(11)22(27)33-17;/h5-6,16-17H,7-9H2,1-4H3;1H/t16?,17-;/m0./s1. The van der Waals surface area contributed by atoms with Crippen LogP contribution in [-0.2, 0) is 11.2 Å². The van der Waals surface area contributed by atoms with E-state index in [9.17, 15) is 10.3 Å². The number of methoxy groups -OCH3 is 3. The van der Waals surface area contributed by atoms with Crippen molar-refractivity contribution in [3.8, 4) is 28.7 Å². The van der Waals surface area contributed by atoms with E-state index in [0.29, 0.717) is 58.5 Å². The molecule has 34 heavy (non-hydrogen) atoms. The third kappa shape index (κ3) is 3.24. The predicted octanol–water partition coefficient (Wildman–Crippen LogP) is 4.25. The van der Waals surface area contributed by atoms with Gasteiger partial charge in [-0.25, -0.2) is 4.79 Å². The van der Waals surface area contributed by atoms with Gasteiger partial charge in [0.15, 0.2) is 23.0 Å². The number of hydrogen-bond acceptors (Lipinski definition) is 9. The molecular formula is C22H23ClN4O7. The Labute approximate surface area is 201 Å². The van der Waals surface area contributed by atoms with Gasteiger partial charge in [0, 0.05) is 22.6 Å². The number of esters is 1. The molecule has 180 valence electrons. The summed E-state index contributed by atoms with van der Waals surface area (Å²) in [6, 6.07) is 3.12. The molecule has 0 saturated heterocycles. The first-order valence-electron chi connectivity index (χ1n) is 10.3. The van der Waals surface area contributed by atoms with Gasteiger partial charge in [-0.3, -0.25) is 4.90 Å². The molecule has 0 aromatic heterocycles. The van der Waals surface area contributed by atoms with Gasteiger partial charge in [-0.1, -0.05) is 11.2 Å². The van der Waals surface area contributed by atoms with Crippen molar-refractivity contribution in [1.29, 1.82) is 0 Å². The summed E-state index contributed by atoms with van der Waals surface area (Å²) in [5, 5.41) is 3.92. The van der Waals surface area contributed by atoms with Crippen LogP contribution in [0.15, 0.2) is 17.2 Å². The largest absolute Gasteiger partial charge is 0.493 e. The molecule has 2 atom stereocenters. The fraction of sp³-hybridized carbons (Fsp3) is 0.409. The van der Waals surface area contributed by atoms with Crippen LogP contribution in [0.4, 0.5) is 5.69 Å². The number of cyclic esters (lactones) is 1. The van der Waals surface area contributed by atoms with Gasteiger partial charge in [-0.05, 0) is 30.6 Å². The van der Waals surface area contributed by atoms with Gasteiger partial charge < -0.3 is 28.4 Å². The SMILES string of the molecule is COc1ccc2c(c1OC)C(=O)O[C@@H]2C1c2c(c(N=[N+]=[N-])c3c(c2OC)OCO3)CCN1C.Cl. The van der Waals surface area contributed by atoms with Gasteiger partial charge in [0.2, 0.25) is 12.5 Å². The molecule has 5 rings (SSSR count). The lowest BCUT2D eigenvalue weighted by Crippen LogP contribution is -2.36. The fourth-order valence-electron chi connectivity index (χ4n) is 4.96. The minimum absolute atomic E-state index is 0. The number of nitrogens with zero attached hydrogens (tertiary/aromatic N) is 4. The number of fused-ring (bicyclic) bond motifs is 3. The number of carbonyl (C=O) groups excluding carboxylic acids is 1. The van der Waals surface area contributed by atoms with E-state index in [-0.39, 0.29) is 19.2 Å². The van der Waals surface area contributed by atoms with Crippen LogP contribution in [-0.4, -0.2) is 52.6 Å². The van der Waals surface area contributed by atoms with Gasteiger partial charge in [0.1, 0.15) is 11.7 Å². The summed E-state index contributed by atoms with van der Waals surface area (Å²) >= 11 is 0. The molecule has 3 aliphatic heterocycles. The molecule has 11 nitrogen and oxygen atoms in total. The monoisotopic (exact) mass is 490 g/mol. The van der Waals surface area contributed by atoms with Crippen LogP contribution in [0.5, 0.6) is 28.7 Å². The minimum atomic E-state index is -0.662. The molecule has 2 aromatic rings. The molecule has 3 heterocycles. The molecule has 0 aliphatic carbocycles. The fourth-order valence-corrected chi connectivity index (χ4v) is 4.96. The van der Waals surface area contributed by atoms with Crippen LogP contribution < -0.4 is 23.7 Å². The van der Waals surface area contributed by atoms with Crippen molar-refractivity contribution in [1.82, 2.24) is 4.90 Å². The van der Waals surface area contributed by atoms with Crippen LogP contribution in [0.25, 0.3) is 10.4 Å². The van der Waals surface area contributed by atoms with Gasteiger partial charge in [-0.15, -0.1) is 12.4 Å². The average Bonchev–Trinajstić information content (AvgIpc) is 3.43. The van der Waals surface area contributed by atoms with Gasteiger partial charge in [0.25, 0.3) is 0 Å². The van der Waals surface area contributed by atoms with Crippen LogP contribution in [0.3, 0.4) is 0 Å². The third-order valence-electron chi connectivity index (χ3n) is 6.33. The quantitative estimate of drug-likeness (QED) is 0.263. The van der Waals surface area contributed by atoms with Crippen LogP contribution >= 0.6 is 12.4 Å². The van der Waals surface area contributed by atoms with Gasteiger partial charge in [0.05, 0.1) is 33.1 Å². The lowest BCUT2D eigenvalue weighted by Gasteiger charge is -2.39. The molecule has 0 amide bonds. The minimum Gasteiger partial charge on any atom is -0.493 e. The van der Waals surface area contributed by atoms with Crippen molar-refractivity contribution in [2.45, 2.75) is 18.6 Å². The lowest BCUT2D eigenvalue weighted by molar-refractivity contribution is 0.00878. The van der Waals surface area contributed by atoms with Crippen molar-refractivity contribution in [2.75, 3.05) is 41.7 Å². The topological polar surface area (TPSA) is 124 Å². The molecule has 0 spiro atoms. The Hall–Kier alpha value is -3.53. The number of ether oxygens (including phenoxy) is 6. The lowest BCUT2D eigenvalue weighted by atomic mass is 9.84. The summed E-state index contributed by atoms with van der Waals surface area (Å²) in [6.07, 6.45) is -0.0760. The second-order valence-corrected chi connectivity index (χ2v) is 7.79. The van der Waals surface area contributed by atoms with Crippen molar-refractivity contribution >= 4 is 24.1 Å². The number of hydrogen-bond donors (Lipinski definition) is 0. The van der Waals surface area contributed by atoms with Crippen molar-refractivity contribution < 1.29 is 33.2 Å². The molecule has 0 saturated carbocycles. The Balaban J connectivity index is 0.00000274. The summed E-state index contributed by atoms with van der Waals surface area (Å²) in [5.41, 5.74) is 12.1. The molecule has 3 aliphatic rings. The molecule has 12 heteroatoms. The molecule has 0 N–H and O–H groups in total. The Bertz CT molecular complexity index is 1210. The van der Waals surface area contributed by atoms with Crippen LogP contribution in [0.1, 0.15) is 39.2 Å². The average molecular weight is 491 g/mol. The second kappa shape index (κ2) is 9.02. The summed E-state index contributed by atoms with van der Waals surface area (Å²) in [5.74, 6) is 1.47. The Morgan fingerprint density at radius 2 is 1.85 bits per heavy atom. The highest BCUT2D eigenvalue weighted by Crippen LogP contribution is 2.59. The first-order chi connectivity index (χ1) is 16.0. The number of likely N-dealkylation sites (N-methyl/N-ethyl adjacent to an activating group) is 1. The predicted molar refractivity (Wildman–Crippen MR) is 122 cm³/mol. The smallest absolute Gasteiger partial charge is 0.343 e. The van der Waals surface area contributed by atoms with E-state index in [0.717, 1.165) is 11.1 Å². The zero-order valence-corrected chi connectivity index (χ0v) is 19.8. The highest BCUT2D eigenvalue weighted by molar-refractivity contribution is 5.98. The summed E-state index contributed by atoms with van der Waals surface area (Å²) in [4.78, 5) is 18.1. The Morgan fingerprint density at radius 3 is 2.53 bits per heavy atom. The zero-order chi connectivity index (χ0) is 23.3. The van der Waals surface area contributed by atoms with E-state index >= 15 is 0 Å².